The van der Waals surface area contributed by atoms with Crippen LogP contribution in [0.25, 0.3) is 22.2 Å². The molecule has 1 saturated heterocycles. The molecule has 1 aliphatic heterocycles. The molecule has 2 aromatic heterocycles. The van der Waals surface area contributed by atoms with Gasteiger partial charge in [0.2, 0.25) is 0 Å². The monoisotopic (exact) mass is 329 g/mol. The summed E-state index contributed by atoms with van der Waals surface area (Å²) in [5, 5.41) is 3.61. The van der Waals surface area contributed by atoms with Crippen LogP contribution in [0.5, 0.6) is 5.75 Å². The Balaban J connectivity index is 1.79. The second kappa shape index (κ2) is 5.79. The van der Waals surface area contributed by atoms with Crippen LogP contribution in [0.1, 0.15) is 24.0 Å². The minimum Gasteiger partial charge on any atom is -0.493 e. The molecule has 1 atom stereocenters. The van der Waals surface area contributed by atoms with Crippen LogP contribution in [0, 0.1) is 0 Å². The lowest BCUT2D eigenvalue weighted by atomic mass is 10.1. The highest BCUT2D eigenvalue weighted by atomic mass is 32.1. The molecule has 0 amide bonds. The van der Waals surface area contributed by atoms with Crippen molar-refractivity contribution in [3.05, 3.63) is 45.1 Å². The van der Waals surface area contributed by atoms with Crippen molar-refractivity contribution in [2.24, 2.45) is 0 Å². The third-order valence-corrected chi connectivity index (χ3v) is 4.88. The lowest BCUT2D eigenvalue weighted by molar-refractivity contribution is 0.112. The van der Waals surface area contributed by atoms with Gasteiger partial charge >= 0.3 is 5.63 Å². The first-order chi connectivity index (χ1) is 11.3. The average molecular weight is 329 g/mol. The van der Waals surface area contributed by atoms with Crippen LogP contribution in [-0.2, 0) is 4.74 Å². The largest absolute Gasteiger partial charge is 0.493 e. The fraction of sp³-hybridized carbons (Fsp3) is 0.294. The molecular weight excluding hydrogens is 314 g/mol. The van der Waals surface area contributed by atoms with Crippen molar-refractivity contribution < 1.29 is 13.9 Å². The molecule has 3 heterocycles. The average Bonchev–Trinajstić information content (AvgIpc) is 3.24. The molecule has 118 valence electrons. The van der Waals surface area contributed by atoms with Gasteiger partial charge in [-0.15, -0.1) is 11.3 Å². The van der Waals surface area contributed by atoms with Gasteiger partial charge in [0.25, 0.3) is 0 Å². The highest BCUT2D eigenvalue weighted by molar-refractivity contribution is 7.10. The minimum atomic E-state index is -0.411. The van der Waals surface area contributed by atoms with E-state index in [1.54, 1.807) is 19.2 Å². The van der Waals surface area contributed by atoms with E-state index in [1.165, 1.54) is 11.3 Å². The number of hydrogen-bond donors (Lipinski definition) is 0. The fourth-order valence-electron chi connectivity index (χ4n) is 2.79. The zero-order valence-corrected chi connectivity index (χ0v) is 13.4. The Morgan fingerprint density at radius 2 is 2.30 bits per heavy atom. The van der Waals surface area contributed by atoms with Gasteiger partial charge in [0, 0.05) is 17.4 Å². The molecule has 0 radical (unpaired) electrons. The molecule has 23 heavy (non-hydrogen) atoms. The van der Waals surface area contributed by atoms with Crippen molar-refractivity contribution in [2.45, 2.75) is 18.9 Å². The Bertz CT molecular complexity index is 908. The van der Waals surface area contributed by atoms with Crippen molar-refractivity contribution in [3.63, 3.8) is 0 Å². The second-order valence-electron chi connectivity index (χ2n) is 5.40. The van der Waals surface area contributed by atoms with Gasteiger partial charge in [-0.05, 0) is 25.0 Å². The Morgan fingerprint density at radius 1 is 1.39 bits per heavy atom. The molecule has 0 spiro atoms. The Labute approximate surface area is 136 Å². The van der Waals surface area contributed by atoms with Crippen molar-refractivity contribution >= 4 is 22.3 Å². The molecule has 5 nitrogen and oxygen atoms in total. The van der Waals surface area contributed by atoms with Gasteiger partial charge in [-0.3, -0.25) is 0 Å². The molecule has 0 bridgehead atoms. The van der Waals surface area contributed by atoms with E-state index in [0.717, 1.165) is 29.8 Å². The number of para-hydroxylation sites is 1. The van der Waals surface area contributed by atoms with Gasteiger partial charge in [-0.1, -0.05) is 12.1 Å². The van der Waals surface area contributed by atoms with Crippen molar-refractivity contribution in [1.29, 1.82) is 0 Å². The lowest BCUT2D eigenvalue weighted by Gasteiger charge is -2.05. The normalized spacial score (nSPS) is 17.7. The number of thiazole rings is 1. The standard InChI is InChI=1S/C17H15NO4S/c1-20-13-5-2-4-10-8-11(17(19)22-15(10)13)12-9-23-16(18-12)14-6-3-7-21-14/h2,4-5,8-9,14H,3,6-7H2,1H3. The first-order valence-electron chi connectivity index (χ1n) is 7.44. The van der Waals surface area contributed by atoms with Gasteiger partial charge in [-0.2, -0.15) is 0 Å². The number of benzene rings is 1. The van der Waals surface area contributed by atoms with E-state index in [9.17, 15) is 4.79 Å². The van der Waals surface area contributed by atoms with E-state index < -0.39 is 5.63 Å². The summed E-state index contributed by atoms with van der Waals surface area (Å²) in [5.74, 6) is 0.546. The summed E-state index contributed by atoms with van der Waals surface area (Å²) in [6, 6.07) is 7.32. The Kier molecular flexibility index (Phi) is 3.63. The fourth-order valence-corrected chi connectivity index (χ4v) is 3.69. The van der Waals surface area contributed by atoms with Crippen LogP contribution in [0.3, 0.4) is 0 Å². The summed E-state index contributed by atoms with van der Waals surface area (Å²) >= 11 is 1.52. The number of nitrogens with zero attached hydrogens (tertiary/aromatic N) is 1. The van der Waals surface area contributed by atoms with E-state index in [0.29, 0.717) is 22.6 Å². The van der Waals surface area contributed by atoms with E-state index in [4.69, 9.17) is 13.9 Å². The van der Waals surface area contributed by atoms with Crippen molar-refractivity contribution in [3.8, 4) is 17.0 Å². The summed E-state index contributed by atoms with van der Waals surface area (Å²) in [4.78, 5) is 16.9. The molecule has 1 aliphatic rings. The van der Waals surface area contributed by atoms with Gasteiger partial charge in [-0.25, -0.2) is 9.78 Å². The van der Waals surface area contributed by atoms with E-state index in [-0.39, 0.29) is 6.10 Å². The Morgan fingerprint density at radius 3 is 3.09 bits per heavy atom. The highest BCUT2D eigenvalue weighted by Crippen LogP contribution is 2.33. The summed E-state index contributed by atoms with van der Waals surface area (Å²) in [6.45, 7) is 0.775. The SMILES string of the molecule is COc1cccc2cc(-c3csc(C4CCCO4)n3)c(=O)oc12. The zero-order chi connectivity index (χ0) is 15.8. The maximum absolute atomic E-state index is 12.3. The van der Waals surface area contributed by atoms with Crippen LogP contribution in [-0.4, -0.2) is 18.7 Å². The number of fused-ring (bicyclic) bond motifs is 1. The van der Waals surface area contributed by atoms with E-state index >= 15 is 0 Å². The van der Waals surface area contributed by atoms with Gasteiger partial charge in [0.05, 0.1) is 18.4 Å². The first kappa shape index (κ1) is 14.4. The smallest absolute Gasteiger partial charge is 0.345 e. The van der Waals surface area contributed by atoms with Crippen LogP contribution in [0.2, 0.25) is 0 Å². The number of hydrogen-bond acceptors (Lipinski definition) is 6. The van der Waals surface area contributed by atoms with Crippen molar-refractivity contribution in [2.75, 3.05) is 13.7 Å². The van der Waals surface area contributed by atoms with E-state index in [1.807, 2.05) is 17.5 Å². The molecule has 6 heteroatoms. The topological polar surface area (TPSA) is 61.6 Å². The predicted octanol–water partition coefficient (Wildman–Crippen LogP) is 3.78. The summed E-state index contributed by atoms with van der Waals surface area (Å²) in [6.07, 6.45) is 2.09. The van der Waals surface area contributed by atoms with Crippen LogP contribution in [0.15, 0.2) is 38.9 Å². The van der Waals surface area contributed by atoms with Crippen molar-refractivity contribution in [1.82, 2.24) is 4.98 Å². The molecule has 0 saturated carbocycles. The molecule has 4 rings (SSSR count). The van der Waals surface area contributed by atoms with E-state index in [2.05, 4.69) is 4.98 Å². The molecule has 1 aromatic carbocycles. The number of ether oxygens (including phenoxy) is 2. The third kappa shape index (κ3) is 2.54. The lowest BCUT2D eigenvalue weighted by Crippen LogP contribution is -2.04. The summed E-state index contributed by atoms with van der Waals surface area (Å²) in [5.41, 5.74) is 1.15. The molecule has 0 N–H and O–H groups in total. The maximum Gasteiger partial charge on any atom is 0.345 e. The molecule has 0 aliphatic carbocycles. The maximum atomic E-state index is 12.3. The second-order valence-corrected chi connectivity index (χ2v) is 6.29. The molecule has 1 fully saturated rings. The zero-order valence-electron chi connectivity index (χ0n) is 12.6. The molecule has 3 aromatic rings. The van der Waals surface area contributed by atoms with Gasteiger partial charge < -0.3 is 13.9 Å². The third-order valence-electron chi connectivity index (χ3n) is 3.95. The number of aromatic nitrogens is 1. The van der Waals surface area contributed by atoms with Gasteiger partial charge in [0.1, 0.15) is 11.1 Å². The van der Waals surface area contributed by atoms with Crippen LogP contribution < -0.4 is 10.4 Å². The number of rotatable bonds is 3. The quantitative estimate of drug-likeness (QED) is 0.684. The Hall–Kier alpha value is -2.18. The highest BCUT2D eigenvalue weighted by Gasteiger charge is 2.22. The molecule has 1 unspecified atom stereocenters. The first-order valence-corrected chi connectivity index (χ1v) is 8.32. The van der Waals surface area contributed by atoms with Crippen LogP contribution in [0.4, 0.5) is 0 Å². The number of methoxy groups -OCH3 is 1. The summed E-state index contributed by atoms with van der Waals surface area (Å²) < 4.78 is 16.3. The summed E-state index contributed by atoms with van der Waals surface area (Å²) in [7, 11) is 1.55. The van der Waals surface area contributed by atoms with Crippen LogP contribution >= 0.6 is 11.3 Å². The predicted molar refractivity (Wildman–Crippen MR) is 88.1 cm³/mol. The van der Waals surface area contributed by atoms with Gasteiger partial charge in [0.15, 0.2) is 11.3 Å². The molecular formula is C17H15NO4S. The minimum absolute atomic E-state index is 0.0568.